The molecule has 14 heavy (non-hydrogen) atoms. The van der Waals surface area contributed by atoms with E-state index in [1.165, 1.54) is 12.1 Å². The number of halogens is 2. The highest BCUT2D eigenvalue weighted by atomic mass is 35.5. The minimum Gasteiger partial charge on any atom is -0.349 e. The fraction of sp³-hybridized carbons (Fsp3) is 0.300. The fourth-order valence-corrected chi connectivity index (χ4v) is 1.22. The lowest BCUT2D eigenvalue weighted by molar-refractivity contribution is -0.119. The molecule has 0 aliphatic rings. The Kier molecular flexibility index (Phi) is 3.89. The molecular weight excluding hydrogens is 205 g/mol. The van der Waals surface area contributed by atoms with Crippen LogP contribution < -0.4 is 5.32 Å². The molecule has 0 aliphatic carbocycles. The third kappa shape index (κ3) is 3.00. The zero-order valence-corrected chi connectivity index (χ0v) is 8.51. The standard InChI is InChI=1S/C10H11ClFNO/c1-7(13-10(14)6-11)8-3-2-4-9(12)5-8/h2-5,7H,6H2,1H3,(H,13,14)/t7-/m0/s1. The molecule has 0 unspecified atom stereocenters. The zero-order valence-electron chi connectivity index (χ0n) is 7.76. The lowest BCUT2D eigenvalue weighted by Crippen LogP contribution is -2.27. The first-order chi connectivity index (χ1) is 6.63. The van der Waals surface area contributed by atoms with Crippen LogP contribution in [0, 0.1) is 5.82 Å². The number of carbonyl (C=O) groups excluding carboxylic acids is 1. The van der Waals surface area contributed by atoms with E-state index in [-0.39, 0.29) is 23.6 Å². The largest absolute Gasteiger partial charge is 0.349 e. The smallest absolute Gasteiger partial charge is 0.235 e. The highest BCUT2D eigenvalue weighted by Gasteiger charge is 2.08. The number of hydrogen-bond acceptors (Lipinski definition) is 1. The van der Waals surface area contributed by atoms with E-state index in [9.17, 15) is 9.18 Å². The Labute approximate surface area is 87.1 Å². The number of benzene rings is 1. The Hall–Kier alpha value is -1.09. The molecule has 1 amide bonds. The molecule has 1 atom stereocenters. The van der Waals surface area contributed by atoms with Crippen LogP contribution in [-0.2, 0) is 4.79 Å². The SMILES string of the molecule is C[C@H](NC(=O)CCl)c1cccc(F)c1. The van der Waals surface area contributed by atoms with E-state index >= 15 is 0 Å². The van der Waals surface area contributed by atoms with Crippen LogP contribution in [-0.4, -0.2) is 11.8 Å². The number of alkyl halides is 1. The maximum atomic E-state index is 12.8. The first-order valence-electron chi connectivity index (χ1n) is 4.24. The number of hydrogen-bond donors (Lipinski definition) is 1. The van der Waals surface area contributed by atoms with Crippen LogP contribution in [0.4, 0.5) is 4.39 Å². The van der Waals surface area contributed by atoms with Crippen LogP contribution in [0.2, 0.25) is 0 Å². The molecule has 76 valence electrons. The van der Waals surface area contributed by atoms with Crippen molar-refractivity contribution in [3.8, 4) is 0 Å². The Morgan fingerprint density at radius 2 is 2.36 bits per heavy atom. The zero-order chi connectivity index (χ0) is 10.6. The summed E-state index contributed by atoms with van der Waals surface area (Å²) < 4.78 is 12.8. The molecule has 4 heteroatoms. The Bertz CT molecular complexity index is 330. The summed E-state index contributed by atoms with van der Waals surface area (Å²) in [5.74, 6) is -0.655. The van der Waals surface area contributed by atoms with Gasteiger partial charge in [0.15, 0.2) is 0 Å². The molecule has 0 radical (unpaired) electrons. The number of nitrogens with one attached hydrogen (secondary N) is 1. The van der Waals surface area contributed by atoms with Gasteiger partial charge in [0.05, 0.1) is 6.04 Å². The van der Waals surface area contributed by atoms with E-state index < -0.39 is 0 Å². The Balaban J connectivity index is 2.69. The molecule has 0 saturated carbocycles. The van der Waals surface area contributed by atoms with E-state index in [0.29, 0.717) is 0 Å². The molecule has 0 saturated heterocycles. The van der Waals surface area contributed by atoms with Gasteiger partial charge in [-0.3, -0.25) is 4.79 Å². The molecule has 0 aliphatic heterocycles. The van der Waals surface area contributed by atoms with Crippen LogP contribution in [0.1, 0.15) is 18.5 Å². The maximum absolute atomic E-state index is 12.8. The van der Waals surface area contributed by atoms with Crippen molar-refractivity contribution in [1.82, 2.24) is 5.32 Å². The van der Waals surface area contributed by atoms with Crippen molar-refractivity contribution in [3.05, 3.63) is 35.6 Å². The number of rotatable bonds is 3. The molecule has 0 spiro atoms. The predicted octanol–water partition coefficient (Wildman–Crippen LogP) is 2.24. The molecule has 0 aromatic heterocycles. The van der Waals surface area contributed by atoms with Gasteiger partial charge in [-0.05, 0) is 24.6 Å². The second kappa shape index (κ2) is 4.96. The molecule has 1 aromatic rings. The van der Waals surface area contributed by atoms with E-state index in [1.54, 1.807) is 19.1 Å². The van der Waals surface area contributed by atoms with Crippen molar-refractivity contribution in [3.63, 3.8) is 0 Å². The molecule has 2 nitrogen and oxygen atoms in total. The maximum Gasteiger partial charge on any atom is 0.235 e. The summed E-state index contributed by atoms with van der Waals surface area (Å²) in [7, 11) is 0. The third-order valence-electron chi connectivity index (χ3n) is 1.85. The van der Waals surface area contributed by atoms with Crippen molar-refractivity contribution < 1.29 is 9.18 Å². The summed E-state index contributed by atoms with van der Waals surface area (Å²) in [6.45, 7) is 1.78. The van der Waals surface area contributed by atoms with Crippen molar-refractivity contribution in [2.45, 2.75) is 13.0 Å². The summed E-state index contributed by atoms with van der Waals surface area (Å²) >= 11 is 5.33. The van der Waals surface area contributed by atoms with E-state index in [0.717, 1.165) is 5.56 Å². The van der Waals surface area contributed by atoms with E-state index in [2.05, 4.69) is 5.32 Å². The summed E-state index contributed by atoms with van der Waals surface area (Å²) in [5.41, 5.74) is 0.725. The minimum atomic E-state index is -0.311. The average Bonchev–Trinajstić information content (AvgIpc) is 2.17. The lowest BCUT2D eigenvalue weighted by Gasteiger charge is -2.13. The van der Waals surface area contributed by atoms with Gasteiger partial charge in [-0.25, -0.2) is 4.39 Å². The van der Waals surface area contributed by atoms with Gasteiger partial charge in [0, 0.05) is 0 Å². The highest BCUT2D eigenvalue weighted by molar-refractivity contribution is 6.27. The fourth-order valence-electron chi connectivity index (χ4n) is 1.14. The first-order valence-corrected chi connectivity index (χ1v) is 4.77. The van der Waals surface area contributed by atoms with Gasteiger partial charge in [-0.15, -0.1) is 11.6 Å². The van der Waals surface area contributed by atoms with Gasteiger partial charge < -0.3 is 5.32 Å². The summed E-state index contributed by atoms with van der Waals surface area (Å²) in [4.78, 5) is 10.9. The summed E-state index contributed by atoms with van der Waals surface area (Å²) in [5, 5.41) is 2.64. The van der Waals surface area contributed by atoms with Crippen LogP contribution in [0.15, 0.2) is 24.3 Å². The first kappa shape index (κ1) is 11.0. The third-order valence-corrected chi connectivity index (χ3v) is 2.09. The van der Waals surface area contributed by atoms with Gasteiger partial charge in [0.25, 0.3) is 0 Å². The van der Waals surface area contributed by atoms with Gasteiger partial charge in [-0.2, -0.15) is 0 Å². The molecule has 0 heterocycles. The highest BCUT2D eigenvalue weighted by Crippen LogP contribution is 2.13. The minimum absolute atomic E-state index is 0.0837. The van der Waals surface area contributed by atoms with Gasteiger partial charge >= 0.3 is 0 Å². The average molecular weight is 216 g/mol. The number of amides is 1. The van der Waals surface area contributed by atoms with E-state index in [4.69, 9.17) is 11.6 Å². The van der Waals surface area contributed by atoms with Crippen LogP contribution in [0.5, 0.6) is 0 Å². The summed E-state index contributed by atoms with van der Waals surface area (Å²) in [6, 6.07) is 5.88. The van der Waals surface area contributed by atoms with Crippen molar-refractivity contribution in [2.24, 2.45) is 0 Å². The van der Waals surface area contributed by atoms with Crippen molar-refractivity contribution >= 4 is 17.5 Å². The topological polar surface area (TPSA) is 29.1 Å². The Morgan fingerprint density at radius 3 is 2.93 bits per heavy atom. The van der Waals surface area contributed by atoms with Gasteiger partial charge in [0.1, 0.15) is 11.7 Å². The van der Waals surface area contributed by atoms with Crippen LogP contribution >= 0.6 is 11.6 Å². The van der Waals surface area contributed by atoms with Crippen LogP contribution in [0.3, 0.4) is 0 Å². The summed E-state index contributed by atoms with van der Waals surface area (Å²) in [6.07, 6.45) is 0. The molecule has 1 N–H and O–H groups in total. The van der Waals surface area contributed by atoms with Gasteiger partial charge in [0.2, 0.25) is 5.91 Å². The molecule has 0 bridgehead atoms. The predicted molar refractivity (Wildman–Crippen MR) is 53.7 cm³/mol. The quantitative estimate of drug-likeness (QED) is 0.770. The molecule has 1 aromatic carbocycles. The monoisotopic (exact) mass is 215 g/mol. The molecule has 0 fully saturated rings. The van der Waals surface area contributed by atoms with Crippen molar-refractivity contribution in [2.75, 3.05) is 5.88 Å². The van der Waals surface area contributed by atoms with Gasteiger partial charge in [-0.1, -0.05) is 12.1 Å². The van der Waals surface area contributed by atoms with Crippen LogP contribution in [0.25, 0.3) is 0 Å². The number of carbonyl (C=O) groups is 1. The normalized spacial score (nSPS) is 12.2. The lowest BCUT2D eigenvalue weighted by atomic mass is 10.1. The second-order valence-electron chi connectivity index (χ2n) is 2.98. The van der Waals surface area contributed by atoms with E-state index in [1.807, 2.05) is 0 Å². The second-order valence-corrected chi connectivity index (χ2v) is 3.25. The Morgan fingerprint density at radius 1 is 1.64 bits per heavy atom. The molecular formula is C10H11ClFNO. The molecule has 1 rings (SSSR count). The van der Waals surface area contributed by atoms with Crippen molar-refractivity contribution in [1.29, 1.82) is 0 Å².